The van der Waals surface area contributed by atoms with Gasteiger partial charge in [-0.05, 0) is 54.3 Å². The van der Waals surface area contributed by atoms with Crippen LogP contribution in [0.15, 0.2) is 53.0 Å². The van der Waals surface area contributed by atoms with Crippen molar-refractivity contribution in [3.8, 4) is 11.5 Å². The number of ether oxygens (including phenoxy) is 2. The van der Waals surface area contributed by atoms with E-state index in [0.717, 1.165) is 22.4 Å². The Hall–Kier alpha value is -1.48. The van der Waals surface area contributed by atoms with Crippen LogP contribution in [0.1, 0.15) is 31.7 Å². The molecule has 112 valence electrons. The van der Waals surface area contributed by atoms with Crippen LogP contribution in [0.4, 0.5) is 0 Å². The van der Waals surface area contributed by atoms with E-state index in [-0.39, 0.29) is 0 Å². The fourth-order valence-corrected chi connectivity index (χ4v) is 2.24. The SMILES string of the molecule is CCC(C)c1ccc(OCCOc2ccc(Br)cc2)cc1. The standard InChI is InChI=1S/C18H21BrO2/c1-3-14(2)15-4-8-17(9-5-15)20-12-13-21-18-10-6-16(19)7-11-18/h4-11,14H,3,12-13H2,1-2H3. The summed E-state index contributed by atoms with van der Waals surface area (Å²) in [6.45, 7) is 5.52. The van der Waals surface area contributed by atoms with Crippen molar-refractivity contribution in [3.05, 3.63) is 58.6 Å². The van der Waals surface area contributed by atoms with Crippen molar-refractivity contribution in [3.63, 3.8) is 0 Å². The molecule has 2 aromatic rings. The van der Waals surface area contributed by atoms with E-state index in [0.29, 0.717) is 19.1 Å². The highest BCUT2D eigenvalue weighted by Gasteiger charge is 2.02. The summed E-state index contributed by atoms with van der Waals surface area (Å²) in [4.78, 5) is 0. The van der Waals surface area contributed by atoms with E-state index in [9.17, 15) is 0 Å². The monoisotopic (exact) mass is 348 g/mol. The Bertz CT molecular complexity index is 534. The molecule has 1 atom stereocenters. The van der Waals surface area contributed by atoms with Crippen LogP contribution < -0.4 is 9.47 Å². The van der Waals surface area contributed by atoms with E-state index in [1.54, 1.807) is 0 Å². The lowest BCUT2D eigenvalue weighted by atomic mass is 9.99. The highest BCUT2D eigenvalue weighted by molar-refractivity contribution is 9.10. The summed E-state index contributed by atoms with van der Waals surface area (Å²) in [6.07, 6.45) is 1.15. The van der Waals surface area contributed by atoms with E-state index < -0.39 is 0 Å². The molecule has 0 fully saturated rings. The van der Waals surface area contributed by atoms with Crippen molar-refractivity contribution in [2.45, 2.75) is 26.2 Å². The maximum absolute atomic E-state index is 5.69. The summed E-state index contributed by atoms with van der Waals surface area (Å²) in [5.74, 6) is 2.34. The van der Waals surface area contributed by atoms with Gasteiger partial charge in [0.25, 0.3) is 0 Å². The molecular weight excluding hydrogens is 328 g/mol. The summed E-state index contributed by atoms with van der Waals surface area (Å²) in [5, 5.41) is 0. The Kier molecular flexibility index (Phi) is 6.12. The number of hydrogen-bond acceptors (Lipinski definition) is 2. The zero-order valence-electron chi connectivity index (χ0n) is 12.5. The molecule has 0 aliphatic carbocycles. The predicted octanol–water partition coefficient (Wildman–Crippen LogP) is 5.42. The molecule has 2 nitrogen and oxygen atoms in total. The van der Waals surface area contributed by atoms with Crippen LogP contribution in [0, 0.1) is 0 Å². The lowest BCUT2D eigenvalue weighted by molar-refractivity contribution is 0.217. The minimum atomic E-state index is 0.536. The van der Waals surface area contributed by atoms with Gasteiger partial charge in [-0.15, -0.1) is 0 Å². The third kappa shape index (κ3) is 5.09. The fourth-order valence-electron chi connectivity index (χ4n) is 1.98. The van der Waals surface area contributed by atoms with Crippen LogP contribution in [0.5, 0.6) is 11.5 Å². The first-order valence-corrected chi connectivity index (χ1v) is 8.09. The Morgan fingerprint density at radius 3 is 1.81 bits per heavy atom. The summed E-state index contributed by atoms with van der Waals surface area (Å²) < 4.78 is 12.4. The molecule has 2 aromatic carbocycles. The van der Waals surface area contributed by atoms with Crippen LogP contribution in [0.3, 0.4) is 0 Å². The molecule has 0 spiro atoms. The smallest absolute Gasteiger partial charge is 0.122 e. The largest absolute Gasteiger partial charge is 0.490 e. The lowest BCUT2D eigenvalue weighted by Gasteiger charge is -2.11. The maximum atomic E-state index is 5.69. The molecule has 0 saturated carbocycles. The van der Waals surface area contributed by atoms with Crippen LogP contribution >= 0.6 is 15.9 Å². The van der Waals surface area contributed by atoms with Crippen molar-refractivity contribution >= 4 is 15.9 Å². The van der Waals surface area contributed by atoms with Crippen molar-refractivity contribution in [2.75, 3.05) is 13.2 Å². The topological polar surface area (TPSA) is 18.5 Å². The minimum absolute atomic E-state index is 0.536. The van der Waals surface area contributed by atoms with Gasteiger partial charge in [0, 0.05) is 4.47 Å². The third-order valence-electron chi connectivity index (χ3n) is 3.50. The van der Waals surface area contributed by atoms with Crippen molar-refractivity contribution in [1.82, 2.24) is 0 Å². The Balaban J connectivity index is 1.74. The highest BCUT2D eigenvalue weighted by Crippen LogP contribution is 2.21. The second-order valence-electron chi connectivity index (χ2n) is 5.03. The molecular formula is C18H21BrO2. The summed E-state index contributed by atoms with van der Waals surface area (Å²) >= 11 is 3.40. The average Bonchev–Trinajstić information content (AvgIpc) is 2.53. The van der Waals surface area contributed by atoms with Gasteiger partial charge in [0.2, 0.25) is 0 Å². The number of rotatable bonds is 7. The van der Waals surface area contributed by atoms with Crippen LogP contribution in [-0.2, 0) is 0 Å². The molecule has 0 amide bonds. The Morgan fingerprint density at radius 2 is 1.33 bits per heavy atom. The molecule has 1 unspecified atom stereocenters. The van der Waals surface area contributed by atoms with Gasteiger partial charge >= 0.3 is 0 Å². The molecule has 0 aliphatic rings. The van der Waals surface area contributed by atoms with Gasteiger partial charge in [0.1, 0.15) is 24.7 Å². The Labute approximate surface area is 135 Å². The average molecular weight is 349 g/mol. The number of hydrogen-bond donors (Lipinski definition) is 0. The Morgan fingerprint density at radius 1 is 0.857 bits per heavy atom. The molecule has 0 aliphatic heterocycles. The van der Waals surface area contributed by atoms with E-state index in [1.807, 2.05) is 36.4 Å². The van der Waals surface area contributed by atoms with Crippen molar-refractivity contribution in [1.29, 1.82) is 0 Å². The lowest BCUT2D eigenvalue weighted by Crippen LogP contribution is -2.08. The zero-order chi connectivity index (χ0) is 15.1. The van der Waals surface area contributed by atoms with E-state index >= 15 is 0 Å². The molecule has 0 radical (unpaired) electrons. The molecule has 0 aromatic heterocycles. The molecule has 0 saturated heterocycles. The van der Waals surface area contributed by atoms with Crippen LogP contribution in [0.2, 0.25) is 0 Å². The van der Waals surface area contributed by atoms with Gasteiger partial charge < -0.3 is 9.47 Å². The quantitative estimate of drug-likeness (QED) is 0.622. The predicted molar refractivity (Wildman–Crippen MR) is 90.3 cm³/mol. The number of halogens is 1. The zero-order valence-corrected chi connectivity index (χ0v) is 14.1. The maximum Gasteiger partial charge on any atom is 0.122 e. The second-order valence-corrected chi connectivity index (χ2v) is 5.94. The second kappa shape index (κ2) is 8.08. The highest BCUT2D eigenvalue weighted by atomic mass is 79.9. The van der Waals surface area contributed by atoms with Crippen LogP contribution in [-0.4, -0.2) is 13.2 Å². The van der Waals surface area contributed by atoms with Gasteiger partial charge in [0.15, 0.2) is 0 Å². The molecule has 2 rings (SSSR count). The molecule has 21 heavy (non-hydrogen) atoms. The van der Waals surface area contributed by atoms with E-state index in [1.165, 1.54) is 5.56 Å². The number of benzene rings is 2. The van der Waals surface area contributed by atoms with Crippen molar-refractivity contribution in [2.24, 2.45) is 0 Å². The van der Waals surface area contributed by atoms with Gasteiger partial charge in [-0.3, -0.25) is 0 Å². The van der Waals surface area contributed by atoms with Crippen molar-refractivity contribution < 1.29 is 9.47 Å². The first-order valence-electron chi connectivity index (χ1n) is 7.30. The normalized spacial score (nSPS) is 12.0. The third-order valence-corrected chi connectivity index (χ3v) is 4.02. The minimum Gasteiger partial charge on any atom is -0.490 e. The summed E-state index contributed by atoms with van der Waals surface area (Å²) in [7, 11) is 0. The van der Waals surface area contributed by atoms with E-state index in [2.05, 4.69) is 41.9 Å². The van der Waals surface area contributed by atoms with Crippen LogP contribution in [0.25, 0.3) is 0 Å². The molecule has 0 bridgehead atoms. The molecule has 0 N–H and O–H groups in total. The van der Waals surface area contributed by atoms with Gasteiger partial charge in [-0.1, -0.05) is 41.9 Å². The van der Waals surface area contributed by atoms with E-state index in [4.69, 9.17) is 9.47 Å². The van der Waals surface area contributed by atoms with Gasteiger partial charge in [-0.25, -0.2) is 0 Å². The fraction of sp³-hybridized carbons (Fsp3) is 0.333. The van der Waals surface area contributed by atoms with Gasteiger partial charge in [0.05, 0.1) is 0 Å². The summed E-state index contributed by atoms with van der Waals surface area (Å²) in [5.41, 5.74) is 1.36. The first kappa shape index (κ1) is 15.9. The molecule has 0 heterocycles. The molecule has 3 heteroatoms. The first-order chi connectivity index (χ1) is 10.2. The summed E-state index contributed by atoms with van der Waals surface area (Å²) in [6, 6.07) is 16.1. The van der Waals surface area contributed by atoms with Gasteiger partial charge in [-0.2, -0.15) is 0 Å².